The first-order chi connectivity index (χ1) is 7.83. The Morgan fingerprint density at radius 1 is 1.24 bits per heavy atom. The Hall–Kier alpha value is -0.570. The Kier molecular flexibility index (Phi) is 5.96. The van der Waals surface area contributed by atoms with Crippen molar-refractivity contribution in [1.29, 1.82) is 0 Å². The van der Waals surface area contributed by atoms with Crippen LogP contribution < -0.4 is 5.73 Å². The molecule has 0 spiro atoms. The van der Waals surface area contributed by atoms with Gasteiger partial charge in [-0.25, -0.2) is 0 Å². The molecule has 0 aliphatic carbocycles. The van der Waals surface area contributed by atoms with Crippen molar-refractivity contribution < 1.29 is 0 Å². The third kappa shape index (κ3) is 3.70. The summed E-state index contributed by atoms with van der Waals surface area (Å²) >= 11 is 0. The van der Waals surface area contributed by atoms with E-state index in [0.717, 1.165) is 19.5 Å². The first kappa shape index (κ1) is 14.5. The molecule has 0 amide bonds. The zero-order chi connectivity index (χ0) is 11.4. The van der Waals surface area contributed by atoms with Gasteiger partial charge in [-0.2, -0.15) is 0 Å². The molecule has 1 atom stereocenters. The van der Waals surface area contributed by atoms with E-state index < -0.39 is 0 Å². The van der Waals surface area contributed by atoms with Crippen LogP contribution in [0, 0.1) is 0 Å². The van der Waals surface area contributed by atoms with Crippen LogP contribution in [0.4, 0.5) is 0 Å². The van der Waals surface area contributed by atoms with Gasteiger partial charge in [0.25, 0.3) is 0 Å². The lowest BCUT2D eigenvalue weighted by Gasteiger charge is -2.23. The minimum absolute atomic E-state index is 0. The highest BCUT2D eigenvalue weighted by atomic mass is 35.5. The van der Waals surface area contributed by atoms with Crippen molar-refractivity contribution in [3.8, 4) is 0 Å². The molecule has 96 valence electrons. The molecule has 1 saturated heterocycles. The van der Waals surface area contributed by atoms with Crippen molar-refractivity contribution >= 4 is 12.4 Å². The van der Waals surface area contributed by atoms with Crippen LogP contribution >= 0.6 is 12.4 Å². The summed E-state index contributed by atoms with van der Waals surface area (Å²) in [7, 11) is 0. The lowest BCUT2D eigenvalue weighted by atomic mass is 10.1. The minimum atomic E-state index is 0. The SMILES string of the molecule is CCc1ccc(CN2CCCC2CN)cc1.Cl. The molecule has 1 aromatic rings. The van der Waals surface area contributed by atoms with Crippen LogP contribution in [-0.4, -0.2) is 24.0 Å². The van der Waals surface area contributed by atoms with Gasteiger partial charge in [0.05, 0.1) is 0 Å². The van der Waals surface area contributed by atoms with E-state index in [4.69, 9.17) is 5.73 Å². The first-order valence-electron chi connectivity index (χ1n) is 6.35. The molecular weight excluding hydrogens is 232 g/mol. The monoisotopic (exact) mass is 254 g/mol. The molecule has 2 nitrogen and oxygen atoms in total. The molecule has 1 aliphatic rings. The highest BCUT2D eigenvalue weighted by Gasteiger charge is 2.22. The predicted octanol–water partition coefficient (Wildman–Crippen LogP) is 2.59. The van der Waals surface area contributed by atoms with Crippen LogP contribution in [0.2, 0.25) is 0 Å². The van der Waals surface area contributed by atoms with Gasteiger partial charge < -0.3 is 5.73 Å². The van der Waals surface area contributed by atoms with Crippen molar-refractivity contribution in [2.75, 3.05) is 13.1 Å². The Bertz CT molecular complexity index is 323. The van der Waals surface area contributed by atoms with Crippen LogP contribution in [0.1, 0.15) is 30.9 Å². The summed E-state index contributed by atoms with van der Waals surface area (Å²) in [5, 5.41) is 0. The van der Waals surface area contributed by atoms with Crippen LogP contribution in [0.3, 0.4) is 0 Å². The van der Waals surface area contributed by atoms with E-state index in [9.17, 15) is 0 Å². The number of benzene rings is 1. The summed E-state index contributed by atoms with van der Waals surface area (Å²) in [6, 6.07) is 9.59. The fraction of sp³-hybridized carbons (Fsp3) is 0.571. The summed E-state index contributed by atoms with van der Waals surface area (Å²) in [5.74, 6) is 0. The van der Waals surface area contributed by atoms with Crippen molar-refractivity contribution in [2.45, 2.75) is 38.8 Å². The molecule has 2 N–H and O–H groups in total. The summed E-state index contributed by atoms with van der Waals surface area (Å²) in [6.07, 6.45) is 3.69. The Balaban J connectivity index is 0.00000144. The van der Waals surface area contributed by atoms with Gasteiger partial charge in [0.15, 0.2) is 0 Å². The smallest absolute Gasteiger partial charge is 0.0237 e. The molecule has 17 heavy (non-hydrogen) atoms. The Morgan fingerprint density at radius 3 is 2.47 bits per heavy atom. The third-order valence-corrected chi connectivity index (χ3v) is 3.59. The molecule has 1 unspecified atom stereocenters. The van der Waals surface area contributed by atoms with Gasteiger partial charge in [-0.3, -0.25) is 4.90 Å². The minimum Gasteiger partial charge on any atom is -0.329 e. The van der Waals surface area contributed by atoms with Gasteiger partial charge in [0.1, 0.15) is 0 Å². The van der Waals surface area contributed by atoms with E-state index in [-0.39, 0.29) is 12.4 Å². The van der Waals surface area contributed by atoms with Crippen molar-refractivity contribution in [3.05, 3.63) is 35.4 Å². The number of hydrogen-bond acceptors (Lipinski definition) is 2. The number of halogens is 1. The number of aryl methyl sites for hydroxylation is 1. The third-order valence-electron chi connectivity index (χ3n) is 3.59. The summed E-state index contributed by atoms with van der Waals surface area (Å²) < 4.78 is 0. The average Bonchev–Trinajstić information content (AvgIpc) is 2.77. The average molecular weight is 255 g/mol. The van der Waals surface area contributed by atoms with Crippen molar-refractivity contribution in [3.63, 3.8) is 0 Å². The van der Waals surface area contributed by atoms with Gasteiger partial charge in [-0.15, -0.1) is 12.4 Å². The molecule has 0 aromatic heterocycles. The predicted molar refractivity (Wildman–Crippen MR) is 75.6 cm³/mol. The molecule has 0 radical (unpaired) electrons. The molecule has 1 fully saturated rings. The second kappa shape index (κ2) is 7.00. The van der Waals surface area contributed by atoms with E-state index >= 15 is 0 Å². The van der Waals surface area contributed by atoms with Gasteiger partial charge in [-0.05, 0) is 36.9 Å². The van der Waals surface area contributed by atoms with E-state index in [1.807, 2.05) is 0 Å². The van der Waals surface area contributed by atoms with Gasteiger partial charge in [0.2, 0.25) is 0 Å². The van der Waals surface area contributed by atoms with Crippen LogP contribution in [0.15, 0.2) is 24.3 Å². The zero-order valence-electron chi connectivity index (χ0n) is 10.6. The summed E-state index contributed by atoms with van der Waals surface area (Å²) in [5.41, 5.74) is 8.61. The fourth-order valence-electron chi connectivity index (χ4n) is 2.49. The lowest BCUT2D eigenvalue weighted by Crippen LogP contribution is -2.34. The first-order valence-corrected chi connectivity index (χ1v) is 6.35. The zero-order valence-corrected chi connectivity index (χ0v) is 11.4. The maximum absolute atomic E-state index is 5.78. The largest absolute Gasteiger partial charge is 0.329 e. The normalized spacial score (nSPS) is 20.2. The van der Waals surface area contributed by atoms with Crippen LogP contribution in [-0.2, 0) is 13.0 Å². The van der Waals surface area contributed by atoms with Gasteiger partial charge >= 0.3 is 0 Å². The maximum Gasteiger partial charge on any atom is 0.0237 e. The second-order valence-electron chi connectivity index (χ2n) is 4.67. The molecule has 1 aromatic carbocycles. The van der Waals surface area contributed by atoms with Gasteiger partial charge in [0, 0.05) is 19.1 Å². The van der Waals surface area contributed by atoms with E-state index in [0.29, 0.717) is 6.04 Å². The van der Waals surface area contributed by atoms with Crippen molar-refractivity contribution in [2.24, 2.45) is 5.73 Å². The number of likely N-dealkylation sites (tertiary alicyclic amines) is 1. The number of nitrogens with two attached hydrogens (primary N) is 1. The molecule has 0 bridgehead atoms. The molecular formula is C14H23ClN2. The number of rotatable bonds is 4. The fourth-order valence-corrected chi connectivity index (χ4v) is 2.49. The van der Waals surface area contributed by atoms with E-state index in [2.05, 4.69) is 36.1 Å². The quantitative estimate of drug-likeness (QED) is 0.895. The molecule has 1 aliphatic heterocycles. The standard InChI is InChI=1S/C14H22N2.ClH/c1-2-12-5-7-13(8-6-12)11-16-9-3-4-14(16)10-15;/h5-8,14H,2-4,9-11,15H2,1H3;1H. The summed E-state index contributed by atoms with van der Waals surface area (Å²) in [6.45, 7) is 5.26. The molecule has 1 heterocycles. The van der Waals surface area contributed by atoms with Crippen LogP contribution in [0.25, 0.3) is 0 Å². The van der Waals surface area contributed by atoms with E-state index in [1.54, 1.807) is 0 Å². The highest BCUT2D eigenvalue weighted by molar-refractivity contribution is 5.85. The Morgan fingerprint density at radius 2 is 1.88 bits per heavy atom. The molecule has 0 saturated carbocycles. The van der Waals surface area contributed by atoms with E-state index in [1.165, 1.54) is 30.5 Å². The van der Waals surface area contributed by atoms with Crippen molar-refractivity contribution in [1.82, 2.24) is 4.90 Å². The highest BCUT2D eigenvalue weighted by Crippen LogP contribution is 2.19. The number of nitrogens with zero attached hydrogens (tertiary/aromatic N) is 1. The Labute approximate surface area is 111 Å². The second-order valence-corrected chi connectivity index (χ2v) is 4.67. The molecule has 3 heteroatoms. The maximum atomic E-state index is 5.78. The topological polar surface area (TPSA) is 29.3 Å². The summed E-state index contributed by atoms with van der Waals surface area (Å²) in [4.78, 5) is 2.51. The number of hydrogen-bond donors (Lipinski definition) is 1. The molecule has 2 rings (SSSR count). The van der Waals surface area contributed by atoms with Gasteiger partial charge in [-0.1, -0.05) is 31.2 Å². The lowest BCUT2D eigenvalue weighted by molar-refractivity contribution is 0.250. The van der Waals surface area contributed by atoms with Crippen LogP contribution in [0.5, 0.6) is 0 Å².